The average Bonchev–Trinajstić information content (AvgIpc) is 3.04. The van der Waals surface area contributed by atoms with Gasteiger partial charge < -0.3 is 0 Å². The Morgan fingerprint density at radius 3 is 2.90 bits per heavy atom. The van der Waals surface area contributed by atoms with E-state index in [2.05, 4.69) is 21.0 Å². The molecular weight excluding hydrogens is 355 g/mol. The molecule has 1 aromatic carbocycles. The molecule has 0 aliphatic carbocycles. The molecule has 0 saturated carbocycles. The first-order valence-electron chi connectivity index (χ1n) is 6.18. The van der Waals surface area contributed by atoms with E-state index in [4.69, 9.17) is 0 Å². The van der Waals surface area contributed by atoms with Gasteiger partial charge in [0.1, 0.15) is 11.5 Å². The number of hydrogen-bond donors (Lipinski definition) is 0. The second kappa shape index (κ2) is 5.91. The van der Waals surface area contributed by atoms with Gasteiger partial charge in [-0.15, -0.1) is 11.3 Å². The SMILES string of the molecule is O=Cc1cn(Cc2cccc(F)c2)nc1-c1sccc1Br. The summed E-state index contributed by atoms with van der Waals surface area (Å²) >= 11 is 4.96. The quantitative estimate of drug-likeness (QED) is 0.644. The van der Waals surface area contributed by atoms with Crippen LogP contribution >= 0.6 is 27.3 Å². The number of aldehydes is 1. The zero-order valence-electron chi connectivity index (χ0n) is 10.8. The average molecular weight is 365 g/mol. The highest BCUT2D eigenvalue weighted by molar-refractivity contribution is 9.10. The molecule has 0 bridgehead atoms. The maximum atomic E-state index is 13.2. The number of aromatic nitrogens is 2. The molecule has 0 N–H and O–H groups in total. The Balaban J connectivity index is 1.96. The highest BCUT2D eigenvalue weighted by Crippen LogP contribution is 2.34. The van der Waals surface area contributed by atoms with Gasteiger partial charge in [-0.1, -0.05) is 12.1 Å². The molecule has 2 heterocycles. The summed E-state index contributed by atoms with van der Waals surface area (Å²) in [5.41, 5.74) is 1.96. The predicted octanol–water partition coefficient (Wildman–Crippen LogP) is 4.37. The third kappa shape index (κ3) is 2.96. The Hall–Kier alpha value is -1.79. The molecule has 0 aliphatic rings. The molecule has 0 unspecified atom stereocenters. The van der Waals surface area contributed by atoms with Crippen LogP contribution in [0.25, 0.3) is 10.6 Å². The van der Waals surface area contributed by atoms with Gasteiger partial charge in [0.2, 0.25) is 0 Å². The van der Waals surface area contributed by atoms with Gasteiger partial charge in [-0.2, -0.15) is 5.10 Å². The minimum absolute atomic E-state index is 0.281. The smallest absolute Gasteiger partial charge is 0.153 e. The van der Waals surface area contributed by atoms with Crippen molar-refractivity contribution in [1.29, 1.82) is 0 Å². The van der Waals surface area contributed by atoms with Gasteiger partial charge >= 0.3 is 0 Å². The van der Waals surface area contributed by atoms with Crippen molar-refractivity contribution < 1.29 is 9.18 Å². The van der Waals surface area contributed by atoms with Crippen molar-refractivity contribution in [3.05, 3.63) is 63.3 Å². The van der Waals surface area contributed by atoms with Gasteiger partial charge in [0.05, 0.1) is 17.0 Å². The van der Waals surface area contributed by atoms with Gasteiger partial charge in [-0.05, 0) is 45.1 Å². The maximum Gasteiger partial charge on any atom is 0.153 e. The number of benzene rings is 1. The van der Waals surface area contributed by atoms with Crippen LogP contribution in [0.5, 0.6) is 0 Å². The monoisotopic (exact) mass is 364 g/mol. The van der Waals surface area contributed by atoms with E-state index >= 15 is 0 Å². The Bertz CT molecular complexity index is 797. The number of hydrogen-bond acceptors (Lipinski definition) is 3. The van der Waals surface area contributed by atoms with Crippen LogP contribution in [0.4, 0.5) is 4.39 Å². The molecule has 106 valence electrons. The summed E-state index contributed by atoms with van der Waals surface area (Å²) in [6.45, 7) is 0.418. The van der Waals surface area contributed by atoms with Crippen LogP contribution in [0.2, 0.25) is 0 Å². The molecule has 0 radical (unpaired) electrons. The molecule has 0 spiro atoms. The standard InChI is InChI=1S/C15H10BrFN2OS/c16-13-4-5-21-15(13)14-11(9-20)8-19(18-14)7-10-2-1-3-12(17)6-10/h1-6,8-9H,7H2. The fraction of sp³-hybridized carbons (Fsp3) is 0.0667. The zero-order valence-corrected chi connectivity index (χ0v) is 13.2. The van der Waals surface area contributed by atoms with Crippen molar-refractivity contribution in [2.75, 3.05) is 0 Å². The highest BCUT2D eigenvalue weighted by atomic mass is 79.9. The summed E-state index contributed by atoms with van der Waals surface area (Å²) in [4.78, 5) is 12.1. The number of nitrogens with zero attached hydrogens (tertiary/aromatic N) is 2. The van der Waals surface area contributed by atoms with E-state index in [1.807, 2.05) is 17.5 Å². The largest absolute Gasteiger partial charge is 0.298 e. The van der Waals surface area contributed by atoms with Gasteiger partial charge in [0.25, 0.3) is 0 Å². The molecule has 0 amide bonds. The molecule has 3 aromatic rings. The van der Waals surface area contributed by atoms with Crippen LogP contribution in [0, 0.1) is 5.82 Å². The van der Waals surface area contributed by atoms with Crippen LogP contribution in [0.3, 0.4) is 0 Å². The molecule has 0 fully saturated rings. The fourth-order valence-corrected chi connectivity index (χ4v) is 3.63. The molecule has 3 rings (SSSR count). The topological polar surface area (TPSA) is 34.9 Å². The van der Waals surface area contributed by atoms with E-state index in [1.54, 1.807) is 16.9 Å². The van der Waals surface area contributed by atoms with Crippen LogP contribution in [0.1, 0.15) is 15.9 Å². The van der Waals surface area contributed by atoms with Crippen LogP contribution in [0.15, 0.2) is 46.4 Å². The van der Waals surface area contributed by atoms with Crippen LogP contribution in [-0.2, 0) is 6.54 Å². The van der Waals surface area contributed by atoms with E-state index < -0.39 is 0 Å². The highest BCUT2D eigenvalue weighted by Gasteiger charge is 2.14. The van der Waals surface area contributed by atoms with Crippen molar-refractivity contribution in [1.82, 2.24) is 9.78 Å². The summed E-state index contributed by atoms with van der Waals surface area (Å²) < 4.78 is 15.8. The van der Waals surface area contributed by atoms with Crippen molar-refractivity contribution in [3.8, 4) is 10.6 Å². The molecule has 3 nitrogen and oxygen atoms in total. The Morgan fingerprint density at radius 2 is 2.24 bits per heavy atom. The lowest BCUT2D eigenvalue weighted by molar-refractivity contribution is 0.112. The summed E-state index contributed by atoms with van der Waals surface area (Å²) in [6.07, 6.45) is 2.47. The lowest BCUT2D eigenvalue weighted by Gasteiger charge is -2.01. The molecule has 6 heteroatoms. The molecule has 0 aliphatic heterocycles. The van der Waals surface area contributed by atoms with E-state index in [9.17, 15) is 9.18 Å². The van der Waals surface area contributed by atoms with E-state index in [0.717, 1.165) is 21.2 Å². The van der Waals surface area contributed by atoms with E-state index in [0.29, 0.717) is 17.8 Å². The molecular formula is C15H10BrFN2OS. The number of rotatable bonds is 4. The third-order valence-electron chi connectivity index (χ3n) is 2.98. The van der Waals surface area contributed by atoms with E-state index in [1.165, 1.54) is 23.5 Å². The molecule has 0 saturated heterocycles. The maximum absolute atomic E-state index is 13.2. The Kier molecular flexibility index (Phi) is 3.98. The first-order chi connectivity index (χ1) is 10.2. The van der Waals surface area contributed by atoms with Crippen molar-refractivity contribution in [2.45, 2.75) is 6.54 Å². The summed E-state index contributed by atoms with van der Waals surface area (Å²) in [5, 5.41) is 6.38. The third-order valence-corrected chi connectivity index (χ3v) is 4.83. The van der Waals surface area contributed by atoms with Crippen molar-refractivity contribution >= 4 is 33.6 Å². The van der Waals surface area contributed by atoms with Gasteiger partial charge in [0, 0.05) is 10.7 Å². The minimum atomic E-state index is -0.281. The fourth-order valence-electron chi connectivity index (χ4n) is 2.07. The Labute approximate surface area is 133 Å². The number of carbonyl (C=O) groups is 1. The molecule has 21 heavy (non-hydrogen) atoms. The molecule has 0 atom stereocenters. The second-order valence-corrected chi connectivity index (χ2v) is 6.25. The summed E-state index contributed by atoms with van der Waals surface area (Å²) in [6, 6.07) is 8.26. The normalized spacial score (nSPS) is 10.8. The Morgan fingerprint density at radius 1 is 1.38 bits per heavy atom. The number of halogens is 2. The summed E-state index contributed by atoms with van der Waals surface area (Å²) in [5.74, 6) is -0.281. The van der Waals surface area contributed by atoms with Gasteiger partial charge in [-0.25, -0.2) is 4.39 Å². The number of carbonyl (C=O) groups excluding carboxylic acids is 1. The van der Waals surface area contributed by atoms with Crippen molar-refractivity contribution in [3.63, 3.8) is 0 Å². The zero-order chi connectivity index (χ0) is 14.8. The minimum Gasteiger partial charge on any atom is -0.298 e. The van der Waals surface area contributed by atoms with Gasteiger partial charge in [-0.3, -0.25) is 9.48 Å². The van der Waals surface area contributed by atoms with E-state index in [-0.39, 0.29) is 5.82 Å². The number of thiophene rings is 1. The lowest BCUT2D eigenvalue weighted by atomic mass is 10.2. The first kappa shape index (κ1) is 14.2. The second-order valence-electron chi connectivity index (χ2n) is 4.48. The van der Waals surface area contributed by atoms with Crippen LogP contribution < -0.4 is 0 Å². The lowest BCUT2D eigenvalue weighted by Crippen LogP contribution is -2.00. The van der Waals surface area contributed by atoms with Crippen LogP contribution in [-0.4, -0.2) is 16.1 Å². The predicted molar refractivity (Wildman–Crippen MR) is 84.1 cm³/mol. The first-order valence-corrected chi connectivity index (χ1v) is 7.85. The molecule has 2 aromatic heterocycles. The van der Waals surface area contributed by atoms with Gasteiger partial charge in [0.15, 0.2) is 6.29 Å². The summed E-state index contributed by atoms with van der Waals surface area (Å²) in [7, 11) is 0. The van der Waals surface area contributed by atoms with Crippen molar-refractivity contribution in [2.24, 2.45) is 0 Å².